The van der Waals surface area contributed by atoms with Crippen LogP contribution in [0.15, 0.2) is 48.5 Å². The molecule has 1 atom stereocenters. The Morgan fingerprint density at radius 2 is 1.71 bits per heavy atom. The molecule has 0 radical (unpaired) electrons. The lowest BCUT2D eigenvalue weighted by Gasteiger charge is -2.14. The average molecular weight is 278 g/mol. The van der Waals surface area contributed by atoms with E-state index in [2.05, 4.69) is 15.3 Å². The molecule has 2 aromatic carbocycles. The molecule has 0 aliphatic carbocycles. The van der Waals surface area contributed by atoms with Crippen LogP contribution in [-0.4, -0.2) is 16.6 Å². The lowest BCUT2D eigenvalue weighted by Crippen LogP contribution is -2.15. The first-order valence-electron chi connectivity index (χ1n) is 6.82. The molecule has 0 saturated heterocycles. The maximum Gasteiger partial charge on any atom is 0.170 e. The standard InChI is InChI=1S/C16H14N4O/c17-15-16(19-12-7-3-2-6-11(12)18-15)20-13-9-21-14-8-4-1-5-10(13)14/h1-8,13H,9H2,(H2,17,18)(H,19,20). The third-order valence-electron chi connectivity index (χ3n) is 3.61. The number of nitrogen functional groups attached to an aromatic ring is 1. The van der Waals surface area contributed by atoms with E-state index in [4.69, 9.17) is 10.5 Å². The SMILES string of the molecule is Nc1nc2ccccc2nc1NC1COc2ccccc21. The van der Waals surface area contributed by atoms with Crippen molar-refractivity contribution in [2.45, 2.75) is 6.04 Å². The Labute approximate surface area is 121 Å². The summed E-state index contributed by atoms with van der Waals surface area (Å²) in [6.07, 6.45) is 0. The van der Waals surface area contributed by atoms with Crippen LogP contribution in [0.2, 0.25) is 0 Å². The highest BCUT2D eigenvalue weighted by Gasteiger charge is 2.24. The van der Waals surface area contributed by atoms with Gasteiger partial charge in [-0.2, -0.15) is 0 Å². The number of rotatable bonds is 2. The molecule has 5 heteroatoms. The van der Waals surface area contributed by atoms with Gasteiger partial charge in [-0.1, -0.05) is 30.3 Å². The molecule has 104 valence electrons. The van der Waals surface area contributed by atoms with Crippen molar-refractivity contribution in [3.8, 4) is 5.75 Å². The Morgan fingerprint density at radius 3 is 2.57 bits per heavy atom. The molecular weight excluding hydrogens is 264 g/mol. The van der Waals surface area contributed by atoms with Crippen LogP contribution in [0, 0.1) is 0 Å². The monoisotopic (exact) mass is 278 g/mol. The Bertz CT molecular complexity index is 818. The van der Waals surface area contributed by atoms with E-state index >= 15 is 0 Å². The fourth-order valence-electron chi connectivity index (χ4n) is 2.57. The van der Waals surface area contributed by atoms with Crippen LogP contribution in [0.1, 0.15) is 11.6 Å². The van der Waals surface area contributed by atoms with Gasteiger partial charge in [0.05, 0.1) is 17.1 Å². The number of nitrogens with one attached hydrogen (secondary N) is 1. The molecule has 0 fully saturated rings. The second kappa shape index (κ2) is 4.63. The molecule has 0 bridgehead atoms. The van der Waals surface area contributed by atoms with Gasteiger partial charge in [0.2, 0.25) is 0 Å². The summed E-state index contributed by atoms with van der Waals surface area (Å²) in [6.45, 7) is 0.563. The largest absolute Gasteiger partial charge is 0.491 e. The lowest BCUT2D eigenvalue weighted by molar-refractivity contribution is 0.339. The molecule has 3 aromatic rings. The van der Waals surface area contributed by atoms with Gasteiger partial charge in [-0.25, -0.2) is 9.97 Å². The van der Waals surface area contributed by atoms with Crippen molar-refractivity contribution >= 4 is 22.7 Å². The van der Waals surface area contributed by atoms with Crippen LogP contribution < -0.4 is 15.8 Å². The first kappa shape index (κ1) is 12.0. The summed E-state index contributed by atoms with van der Waals surface area (Å²) >= 11 is 0. The van der Waals surface area contributed by atoms with Crippen molar-refractivity contribution in [3.05, 3.63) is 54.1 Å². The number of hydrogen-bond donors (Lipinski definition) is 2. The van der Waals surface area contributed by atoms with E-state index in [0.717, 1.165) is 22.3 Å². The minimum absolute atomic E-state index is 0.0407. The Kier molecular flexibility index (Phi) is 2.64. The van der Waals surface area contributed by atoms with Gasteiger partial charge in [-0.15, -0.1) is 0 Å². The van der Waals surface area contributed by atoms with Crippen LogP contribution in [0.25, 0.3) is 11.0 Å². The highest BCUT2D eigenvalue weighted by molar-refractivity contribution is 5.79. The topological polar surface area (TPSA) is 73.1 Å². The highest BCUT2D eigenvalue weighted by Crippen LogP contribution is 2.34. The second-order valence-corrected chi connectivity index (χ2v) is 4.99. The molecule has 5 nitrogen and oxygen atoms in total. The van der Waals surface area contributed by atoms with Gasteiger partial charge in [0, 0.05) is 5.56 Å². The molecule has 21 heavy (non-hydrogen) atoms. The molecule has 1 aliphatic rings. The summed E-state index contributed by atoms with van der Waals surface area (Å²) in [5.41, 5.74) is 8.74. The Hall–Kier alpha value is -2.82. The molecular formula is C16H14N4O. The maximum atomic E-state index is 6.01. The zero-order valence-electron chi connectivity index (χ0n) is 11.3. The van der Waals surface area contributed by atoms with Gasteiger partial charge < -0.3 is 15.8 Å². The summed E-state index contributed by atoms with van der Waals surface area (Å²) in [6, 6.07) is 15.7. The first-order valence-corrected chi connectivity index (χ1v) is 6.82. The van der Waals surface area contributed by atoms with Crippen molar-refractivity contribution in [2.75, 3.05) is 17.7 Å². The Morgan fingerprint density at radius 1 is 1.00 bits per heavy atom. The lowest BCUT2D eigenvalue weighted by atomic mass is 10.1. The molecule has 0 saturated carbocycles. The second-order valence-electron chi connectivity index (χ2n) is 4.99. The maximum absolute atomic E-state index is 6.01. The summed E-state index contributed by atoms with van der Waals surface area (Å²) in [5, 5.41) is 3.33. The minimum atomic E-state index is 0.0407. The van der Waals surface area contributed by atoms with Crippen molar-refractivity contribution in [3.63, 3.8) is 0 Å². The van der Waals surface area contributed by atoms with E-state index in [0.29, 0.717) is 18.2 Å². The van der Waals surface area contributed by atoms with E-state index in [1.165, 1.54) is 0 Å². The molecule has 0 amide bonds. The van der Waals surface area contributed by atoms with E-state index < -0.39 is 0 Å². The molecule has 1 aromatic heterocycles. The molecule has 4 rings (SSSR count). The minimum Gasteiger partial charge on any atom is -0.491 e. The fraction of sp³-hybridized carbons (Fsp3) is 0.125. The molecule has 0 spiro atoms. The number of para-hydroxylation sites is 3. The fourth-order valence-corrected chi connectivity index (χ4v) is 2.57. The van der Waals surface area contributed by atoms with E-state index in [1.807, 2.05) is 48.5 Å². The van der Waals surface area contributed by atoms with Crippen molar-refractivity contribution in [1.82, 2.24) is 9.97 Å². The quantitative estimate of drug-likeness (QED) is 0.754. The zero-order valence-corrected chi connectivity index (χ0v) is 11.3. The van der Waals surface area contributed by atoms with Crippen LogP contribution >= 0.6 is 0 Å². The molecule has 1 aliphatic heterocycles. The van der Waals surface area contributed by atoms with Crippen LogP contribution in [-0.2, 0) is 0 Å². The number of aromatic nitrogens is 2. The zero-order chi connectivity index (χ0) is 14.2. The van der Waals surface area contributed by atoms with Gasteiger partial charge in [-0.3, -0.25) is 0 Å². The van der Waals surface area contributed by atoms with Crippen molar-refractivity contribution in [2.24, 2.45) is 0 Å². The Balaban J connectivity index is 1.70. The number of anilines is 2. The molecule has 2 heterocycles. The number of hydrogen-bond acceptors (Lipinski definition) is 5. The third-order valence-corrected chi connectivity index (χ3v) is 3.61. The smallest absolute Gasteiger partial charge is 0.170 e. The van der Waals surface area contributed by atoms with E-state index in [1.54, 1.807) is 0 Å². The molecule has 3 N–H and O–H groups in total. The highest BCUT2D eigenvalue weighted by atomic mass is 16.5. The summed E-state index contributed by atoms with van der Waals surface area (Å²) in [7, 11) is 0. The molecule has 1 unspecified atom stereocenters. The van der Waals surface area contributed by atoms with Crippen LogP contribution in [0.4, 0.5) is 11.6 Å². The van der Waals surface area contributed by atoms with E-state index in [-0.39, 0.29) is 6.04 Å². The number of nitrogens with two attached hydrogens (primary N) is 1. The van der Waals surface area contributed by atoms with E-state index in [9.17, 15) is 0 Å². The van der Waals surface area contributed by atoms with Gasteiger partial charge in [-0.05, 0) is 18.2 Å². The normalized spacial score (nSPS) is 16.5. The van der Waals surface area contributed by atoms with Crippen molar-refractivity contribution in [1.29, 1.82) is 0 Å². The summed E-state index contributed by atoms with van der Waals surface area (Å²) in [4.78, 5) is 8.94. The number of ether oxygens (including phenoxy) is 1. The number of benzene rings is 2. The predicted molar refractivity (Wildman–Crippen MR) is 82.3 cm³/mol. The van der Waals surface area contributed by atoms with Crippen LogP contribution in [0.5, 0.6) is 5.75 Å². The number of fused-ring (bicyclic) bond motifs is 2. The number of nitrogens with zero attached hydrogens (tertiary/aromatic N) is 2. The van der Waals surface area contributed by atoms with Crippen LogP contribution in [0.3, 0.4) is 0 Å². The van der Waals surface area contributed by atoms with Crippen molar-refractivity contribution < 1.29 is 4.74 Å². The average Bonchev–Trinajstić information content (AvgIpc) is 2.91. The van der Waals surface area contributed by atoms with Gasteiger partial charge in [0.1, 0.15) is 12.4 Å². The van der Waals surface area contributed by atoms with Gasteiger partial charge in [0.25, 0.3) is 0 Å². The third kappa shape index (κ3) is 2.03. The van der Waals surface area contributed by atoms with Gasteiger partial charge >= 0.3 is 0 Å². The summed E-state index contributed by atoms with van der Waals surface area (Å²) in [5.74, 6) is 1.90. The first-order chi connectivity index (χ1) is 10.3. The van der Waals surface area contributed by atoms with Gasteiger partial charge in [0.15, 0.2) is 11.6 Å². The predicted octanol–water partition coefficient (Wildman–Crippen LogP) is 2.76. The summed E-state index contributed by atoms with van der Waals surface area (Å²) < 4.78 is 5.66.